The Bertz CT molecular complexity index is 517. The van der Waals surface area contributed by atoms with Crippen molar-refractivity contribution in [3.05, 3.63) is 35.9 Å². The molecule has 2 heterocycles. The summed E-state index contributed by atoms with van der Waals surface area (Å²) in [5.41, 5.74) is 1.03. The molecule has 1 atom stereocenters. The zero-order valence-corrected chi connectivity index (χ0v) is 14.6. The average Bonchev–Trinajstić information content (AvgIpc) is 2.63. The number of rotatable bonds is 4. The molecule has 2 aliphatic rings. The van der Waals surface area contributed by atoms with Gasteiger partial charge in [-0.15, -0.1) is 0 Å². The first-order chi connectivity index (χ1) is 11.7. The molecule has 0 aliphatic carbocycles. The number of piperidine rings is 1. The Labute approximate surface area is 145 Å². The van der Waals surface area contributed by atoms with Crippen LogP contribution in [-0.4, -0.2) is 61.2 Å². The Morgan fingerprint density at radius 1 is 1.21 bits per heavy atom. The molecule has 1 amide bonds. The van der Waals surface area contributed by atoms with Gasteiger partial charge in [-0.05, 0) is 44.3 Å². The summed E-state index contributed by atoms with van der Waals surface area (Å²) in [6, 6.07) is 10.3. The number of hydrogen-bond donors (Lipinski definition) is 1. The first-order valence-electron chi connectivity index (χ1n) is 9.13. The second-order valence-electron chi connectivity index (χ2n) is 7.02. The fraction of sp³-hybridized carbons (Fsp3) is 0.632. The average molecular weight is 331 g/mol. The molecular weight excluding hydrogens is 302 g/mol. The summed E-state index contributed by atoms with van der Waals surface area (Å²) in [7, 11) is 0. The van der Waals surface area contributed by atoms with Crippen molar-refractivity contribution in [1.29, 1.82) is 0 Å². The minimum Gasteiger partial charge on any atom is -0.445 e. The third kappa shape index (κ3) is 4.71. The molecule has 5 nitrogen and oxygen atoms in total. The largest absolute Gasteiger partial charge is 0.445 e. The van der Waals surface area contributed by atoms with E-state index < -0.39 is 0 Å². The lowest BCUT2D eigenvalue weighted by atomic mass is 9.96. The van der Waals surface area contributed by atoms with Crippen molar-refractivity contribution in [3.63, 3.8) is 0 Å². The summed E-state index contributed by atoms with van der Waals surface area (Å²) in [5, 5.41) is 3.42. The van der Waals surface area contributed by atoms with Gasteiger partial charge in [0.15, 0.2) is 0 Å². The van der Waals surface area contributed by atoms with Crippen LogP contribution < -0.4 is 5.32 Å². The number of nitrogens with zero attached hydrogens (tertiary/aromatic N) is 2. The summed E-state index contributed by atoms with van der Waals surface area (Å²) in [6.07, 6.45) is 2.35. The van der Waals surface area contributed by atoms with Gasteiger partial charge in [0.05, 0.1) is 0 Å². The fourth-order valence-electron chi connectivity index (χ4n) is 3.64. The molecule has 0 radical (unpaired) electrons. The topological polar surface area (TPSA) is 44.8 Å². The van der Waals surface area contributed by atoms with Crippen molar-refractivity contribution < 1.29 is 9.53 Å². The molecular formula is C19H29N3O2. The van der Waals surface area contributed by atoms with Crippen molar-refractivity contribution >= 4 is 6.09 Å². The van der Waals surface area contributed by atoms with E-state index in [-0.39, 0.29) is 6.09 Å². The molecule has 3 rings (SSSR count). The summed E-state index contributed by atoms with van der Waals surface area (Å²) >= 11 is 0. The molecule has 0 saturated carbocycles. The molecule has 0 spiro atoms. The highest BCUT2D eigenvalue weighted by Gasteiger charge is 2.29. The lowest BCUT2D eigenvalue weighted by Crippen LogP contribution is -2.55. The number of amides is 1. The zero-order chi connectivity index (χ0) is 16.8. The number of benzene rings is 1. The van der Waals surface area contributed by atoms with Gasteiger partial charge in [0.1, 0.15) is 6.61 Å². The van der Waals surface area contributed by atoms with Crippen molar-refractivity contribution in [2.24, 2.45) is 5.92 Å². The van der Waals surface area contributed by atoms with Crippen LogP contribution >= 0.6 is 0 Å². The fourth-order valence-corrected chi connectivity index (χ4v) is 3.64. The smallest absolute Gasteiger partial charge is 0.410 e. The van der Waals surface area contributed by atoms with Crippen LogP contribution in [0.4, 0.5) is 4.79 Å². The first-order valence-corrected chi connectivity index (χ1v) is 9.13. The Morgan fingerprint density at radius 3 is 2.67 bits per heavy atom. The highest BCUT2D eigenvalue weighted by Crippen LogP contribution is 2.18. The van der Waals surface area contributed by atoms with E-state index in [1.165, 1.54) is 12.8 Å². The normalized spacial score (nSPS) is 23.2. The Kier molecular flexibility index (Phi) is 6.10. The van der Waals surface area contributed by atoms with Gasteiger partial charge in [-0.2, -0.15) is 0 Å². The highest BCUT2D eigenvalue weighted by atomic mass is 16.6. The third-order valence-electron chi connectivity index (χ3n) is 5.18. The SMILES string of the molecule is C[C@H]1CN(C(=O)OCc2ccccc2)CCN1CC1CCNCC1. The predicted octanol–water partition coefficient (Wildman–Crippen LogP) is 2.33. The minimum absolute atomic E-state index is 0.188. The maximum atomic E-state index is 12.3. The molecule has 2 fully saturated rings. The lowest BCUT2D eigenvalue weighted by Gasteiger charge is -2.41. The van der Waals surface area contributed by atoms with Crippen LogP contribution in [0.25, 0.3) is 0 Å². The number of ether oxygens (including phenoxy) is 1. The molecule has 2 saturated heterocycles. The Hall–Kier alpha value is -1.59. The number of hydrogen-bond acceptors (Lipinski definition) is 4. The van der Waals surface area contributed by atoms with Crippen LogP contribution in [0, 0.1) is 5.92 Å². The highest BCUT2D eigenvalue weighted by molar-refractivity contribution is 5.67. The van der Waals surface area contributed by atoms with Crippen molar-refractivity contribution in [1.82, 2.24) is 15.1 Å². The molecule has 0 bridgehead atoms. The number of carbonyl (C=O) groups excluding carboxylic acids is 1. The molecule has 2 aliphatic heterocycles. The summed E-state index contributed by atoms with van der Waals surface area (Å²) in [4.78, 5) is 16.7. The Balaban J connectivity index is 1.43. The molecule has 24 heavy (non-hydrogen) atoms. The van der Waals surface area contributed by atoms with Gasteiger partial charge < -0.3 is 15.0 Å². The van der Waals surface area contributed by atoms with Gasteiger partial charge in [0, 0.05) is 32.2 Å². The van der Waals surface area contributed by atoms with Gasteiger partial charge in [-0.3, -0.25) is 4.90 Å². The number of piperazine rings is 1. The van der Waals surface area contributed by atoms with E-state index in [1.54, 1.807) is 0 Å². The van der Waals surface area contributed by atoms with E-state index in [0.29, 0.717) is 12.6 Å². The van der Waals surface area contributed by atoms with E-state index in [2.05, 4.69) is 17.1 Å². The lowest BCUT2D eigenvalue weighted by molar-refractivity contribution is 0.0436. The third-order valence-corrected chi connectivity index (χ3v) is 5.18. The van der Waals surface area contributed by atoms with Crippen molar-refractivity contribution in [3.8, 4) is 0 Å². The quantitative estimate of drug-likeness (QED) is 0.920. The minimum atomic E-state index is -0.188. The van der Waals surface area contributed by atoms with E-state index in [1.807, 2.05) is 35.2 Å². The standard InChI is InChI=1S/C19H29N3O2/c1-16-13-22(19(23)24-15-18-5-3-2-4-6-18)12-11-21(16)14-17-7-9-20-10-8-17/h2-6,16-17,20H,7-15H2,1H3/t16-/m0/s1. The Morgan fingerprint density at radius 2 is 1.96 bits per heavy atom. The van der Waals surface area contributed by atoms with Crippen molar-refractivity contribution in [2.45, 2.75) is 32.4 Å². The van der Waals surface area contributed by atoms with Gasteiger partial charge in [-0.1, -0.05) is 30.3 Å². The zero-order valence-electron chi connectivity index (χ0n) is 14.6. The second-order valence-corrected chi connectivity index (χ2v) is 7.02. The molecule has 1 aromatic rings. The van der Waals surface area contributed by atoms with E-state index in [9.17, 15) is 4.79 Å². The van der Waals surface area contributed by atoms with Crippen LogP contribution in [0.3, 0.4) is 0 Å². The van der Waals surface area contributed by atoms with Crippen molar-refractivity contribution in [2.75, 3.05) is 39.3 Å². The predicted molar refractivity (Wildman–Crippen MR) is 94.8 cm³/mol. The summed E-state index contributed by atoms with van der Waals surface area (Å²) in [6.45, 7) is 8.50. The van der Waals surface area contributed by atoms with Gasteiger partial charge in [-0.25, -0.2) is 4.79 Å². The van der Waals surface area contributed by atoms with E-state index in [0.717, 1.165) is 50.7 Å². The van der Waals surface area contributed by atoms with Gasteiger partial charge in [0.25, 0.3) is 0 Å². The first kappa shape index (κ1) is 17.2. The maximum Gasteiger partial charge on any atom is 0.410 e. The summed E-state index contributed by atoms with van der Waals surface area (Å²) < 4.78 is 5.46. The molecule has 0 unspecified atom stereocenters. The summed E-state index contributed by atoms with van der Waals surface area (Å²) in [5.74, 6) is 0.797. The van der Waals surface area contributed by atoms with Crippen LogP contribution in [-0.2, 0) is 11.3 Å². The molecule has 5 heteroatoms. The van der Waals surface area contributed by atoms with Gasteiger partial charge in [0.2, 0.25) is 0 Å². The number of carbonyl (C=O) groups is 1. The molecule has 0 aromatic heterocycles. The number of nitrogens with one attached hydrogen (secondary N) is 1. The van der Waals surface area contributed by atoms with Gasteiger partial charge >= 0.3 is 6.09 Å². The van der Waals surface area contributed by atoms with Crippen LogP contribution in [0.1, 0.15) is 25.3 Å². The van der Waals surface area contributed by atoms with Crippen LogP contribution in [0.2, 0.25) is 0 Å². The maximum absolute atomic E-state index is 12.3. The monoisotopic (exact) mass is 331 g/mol. The molecule has 132 valence electrons. The van der Waals surface area contributed by atoms with E-state index >= 15 is 0 Å². The molecule has 1 aromatic carbocycles. The second kappa shape index (κ2) is 8.49. The molecule has 1 N–H and O–H groups in total. The van der Waals surface area contributed by atoms with E-state index in [4.69, 9.17) is 4.74 Å². The van der Waals surface area contributed by atoms with Crippen LogP contribution in [0.5, 0.6) is 0 Å². The van der Waals surface area contributed by atoms with Crippen LogP contribution in [0.15, 0.2) is 30.3 Å².